The number of carboxylic acid groups (broad SMARTS) is 1. The van der Waals surface area contributed by atoms with Crippen LogP contribution in [0.25, 0.3) is 0 Å². The Morgan fingerprint density at radius 1 is 1.21 bits per heavy atom. The van der Waals surface area contributed by atoms with Crippen LogP contribution in [-0.4, -0.2) is 25.7 Å². The van der Waals surface area contributed by atoms with Gasteiger partial charge in [0, 0.05) is 4.90 Å². The van der Waals surface area contributed by atoms with E-state index in [0.717, 1.165) is 22.4 Å². The average Bonchev–Trinajstić information content (AvgIpc) is 3.02. The molecule has 2 N–H and O–H groups in total. The van der Waals surface area contributed by atoms with Crippen LogP contribution in [-0.2, 0) is 22.9 Å². The summed E-state index contributed by atoms with van der Waals surface area (Å²) in [6, 6.07) is 9.98. The third-order valence-corrected chi connectivity index (χ3v) is 6.29. The highest BCUT2D eigenvalue weighted by atomic mass is 32.2. The van der Waals surface area contributed by atoms with Gasteiger partial charge in [0.25, 0.3) is 10.0 Å². The number of benzene rings is 2. The first kappa shape index (κ1) is 16.9. The SMILES string of the molecule is CSc1ccccc1NS(=O)(=O)c1cc(C(=O)O)cc2c1CCC2. The van der Waals surface area contributed by atoms with E-state index in [1.807, 2.05) is 18.4 Å². The van der Waals surface area contributed by atoms with Crippen LogP contribution in [0.4, 0.5) is 5.69 Å². The largest absolute Gasteiger partial charge is 0.478 e. The molecule has 1 aliphatic carbocycles. The summed E-state index contributed by atoms with van der Waals surface area (Å²) in [7, 11) is -3.85. The molecule has 0 radical (unpaired) electrons. The van der Waals surface area contributed by atoms with Crippen LogP contribution in [0.1, 0.15) is 27.9 Å². The molecule has 2 aromatic carbocycles. The van der Waals surface area contributed by atoms with E-state index in [-0.39, 0.29) is 10.5 Å². The minimum Gasteiger partial charge on any atom is -0.478 e. The molecule has 0 aliphatic heterocycles. The van der Waals surface area contributed by atoms with E-state index in [0.29, 0.717) is 18.5 Å². The van der Waals surface area contributed by atoms with Gasteiger partial charge in [-0.25, -0.2) is 13.2 Å². The highest BCUT2D eigenvalue weighted by molar-refractivity contribution is 7.99. The summed E-state index contributed by atoms with van der Waals surface area (Å²) in [6.07, 6.45) is 4.06. The summed E-state index contributed by atoms with van der Waals surface area (Å²) >= 11 is 1.44. The van der Waals surface area contributed by atoms with Gasteiger partial charge in [-0.3, -0.25) is 4.72 Å². The highest BCUT2D eigenvalue weighted by Crippen LogP contribution is 2.33. The number of aromatic carboxylic acids is 1. The Balaban J connectivity index is 2.09. The van der Waals surface area contributed by atoms with Gasteiger partial charge in [0.2, 0.25) is 0 Å². The first-order valence-corrected chi connectivity index (χ1v) is 10.2. The number of nitrogens with one attached hydrogen (secondary N) is 1. The molecule has 2 aromatic rings. The predicted molar refractivity (Wildman–Crippen MR) is 94.5 cm³/mol. The normalized spacial score (nSPS) is 13.5. The molecule has 0 fully saturated rings. The lowest BCUT2D eigenvalue weighted by atomic mass is 10.1. The molecule has 0 atom stereocenters. The van der Waals surface area contributed by atoms with Crippen LogP contribution in [0.5, 0.6) is 0 Å². The van der Waals surface area contributed by atoms with Crippen molar-refractivity contribution in [1.29, 1.82) is 0 Å². The second kappa shape index (κ2) is 6.49. The van der Waals surface area contributed by atoms with Crippen molar-refractivity contribution in [1.82, 2.24) is 0 Å². The van der Waals surface area contributed by atoms with Crippen LogP contribution < -0.4 is 4.72 Å². The predicted octanol–water partition coefficient (Wildman–Crippen LogP) is 3.40. The number of sulfonamides is 1. The number of thioether (sulfide) groups is 1. The quantitative estimate of drug-likeness (QED) is 0.796. The number of fused-ring (bicyclic) bond motifs is 1. The standard InChI is InChI=1S/C17H17NO4S2/c1-23-15-8-3-2-7-14(15)18-24(21,22)16-10-12(17(19)20)9-11-5-4-6-13(11)16/h2-3,7-10,18H,4-6H2,1H3,(H,19,20). The molecule has 1 aliphatic rings. The lowest BCUT2D eigenvalue weighted by molar-refractivity contribution is 0.0696. The van der Waals surface area contributed by atoms with E-state index < -0.39 is 16.0 Å². The number of carboxylic acids is 1. The Labute approximate surface area is 145 Å². The smallest absolute Gasteiger partial charge is 0.335 e. The van der Waals surface area contributed by atoms with Crippen molar-refractivity contribution in [3.63, 3.8) is 0 Å². The van der Waals surface area contributed by atoms with Crippen molar-refractivity contribution in [3.05, 3.63) is 53.1 Å². The number of anilines is 1. The topological polar surface area (TPSA) is 83.5 Å². The number of rotatable bonds is 5. The lowest BCUT2D eigenvalue weighted by Gasteiger charge is -2.14. The van der Waals surface area contributed by atoms with Crippen molar-refractivity contribution in [3.8, 4) is 0 Å². The molecule has 5 nitrogen and oxygen atoms in total. The molecule has 0 amide bonds. The van der Waals surface area contributed by atoms with Crippen molar-refractivity contribution < 1.29 is 18.3 Å². The fraction of sp³-hybridized carbons (Fsp3) is 0.235. The van der Waals surface area contributed by atoms with Crippen LogP contribution in [0.3, 0.4) is 0 Å². The molecular weight excluding hydrogens is 346 g/mol. The average molecular weight is 363 g/mol. The summed E-state index contributed by atoms with van der Waals surface area (Å²) in [5, 5.41) is 9.26. The zero-order chi connectivity index (χ0) is 17.3. The molecule has 3 rings (SSSR count). The number of carbonyl (C=O) groups is 1. The molecule has 0 saturated heterocycles. The molecular formula is C17H17NO4S2. The number of aryl methyl sites for hydroxylation is 1. The van der Waals surface area contributed by atoms with Crippen molar-refractivity contribution >= 4 is 33.4 Å². The lowest BCUT2D eigenvalue weighted by Crippen LogP contribution is -2.16. The van der Waals surface area contributed by atoms with Crippen LogP contribution in [0, 0.1) is 0 Å². The Morgan fingerprint density at radius 2 is 1.96 bits per heavy atom. The Kier molecular flexibility index (Phi) is 4.56. The Hall–Kier alpha value is -1.99. The van der Waals surface area contributed by atoms with Crippen molar-refractivity contribution in [2.75, 3.05) is 11.0 Å². The summed E-state index contributed by atoms with van der Waals surface area (Å²) in [5.74, 6) is -1.12. The van der Waals surface area contributed by atoms with Gasteiger partial charge in [-0.1, -0.05) is 12.1 Å². The van der Waals surface area contributed by atoms with Gasteiger partial charge in [-0.2, -0.15) is 0 Å². The maximum absolute atomic E-state index is 12.9. The first-order chi connectivity index (χ1) is 11.4. The molecule has 0 aromatic heterocycles. The van der Waals surface area contributed by atoms with Crippen LogP contribution >= 0.6 is 11.8 Å². The van der Waals surface area contributed by atoms with Gasteiger partial charge < -0.3 is 5.11 Å². The summed E-state index contributed by atoms with van der Waals surface area (Å²) in [4.78, 5) is 12.2. The van der Waals surface area contributed by atoms with Crippen LogP contribution in [0.15, 0.2) is 46.2 Å². The highest BCUT2D eigenvalue weighted by Gasteiger charge is 2.26. The first-order valence-electron chi connectivity index (χ1n) is 7.47. The number of hydrogen-bond acceptors (Lipinski definition) is 4. The van der Waals surface area contributed by atoms with Gasteiger partial charge in [0.15, 0.2) is 0 Å². The Bertz CT molecular complexity index is 907. The number of para-hydroxylation sites is 1. The molecule has 126 valence electrons. The zero-order valence-electron chi connectivity index (χ0n) is 13.1. The monoisotopic (exact) mass is 363 g/mol. The van der Waals surface area contributed by atoms with Gasteiger partial charge in [0.05, 0.1) is 16.1 Å². The zero-order valence-corrected chi connectivity index (χ0v) is 14.7. The molecule has 0 bridgehead atoms. The summed E-state index contributed by atoms with van der Waals surface area (Å²) < 4.78 is 28.4. The minimum atomic E-state index is -3.85. The van der Waals surface area contributed by atoms with Crippen molar-refractivity contribution in [2.24, 2.45) is 0 Å². The molecule has 0 spiro atoms. The fourth-order valence-corrected chi connectivity index (χ4v) is 4.99. The van der Waals surface area contributed by atoms with E-state index in [1.54, 1.807) is 18.2 Å². The molecule has 0 unspecified atom stereocenters. The summed E-state index contributed by atoms with van der Waals surface area (Å²) in [6.45, 7) is 0. The molecule has 0 heterocycles. The van der Waals surface area contributed by atoms with E-state index in [2.05, 4.69) is 4.72 Å². The van der Waals surface area contributed by atoms with Gasteiger partial charge in [0.1, 0.15) is 0 Å². The molecule has 24 heavy (non-hydrogen) atoms. The maximum Gasteiger partial charge on any atom is 0.335 e. The number of hydrogen-bond donors (Lipinski definition) is 2. The second-order valence-corrected chi connectivity index (χ2v) is 8.08. The van der Waals surface area contributed by atoms with E-state index >= 15 is 0 Å². The fourth-order valence-electron chi connectivity index (χ4n) is 2.96. The van der Waals surface area contributed by atoms with Gasteiger partial charge in [-0.05, 0) is 60.9 Å². The molecule has 7 heteroatoms. The minimum absolute atomic E-state index is 0.00850. The Morgan fingerprint density at radius 3 is 2.67 bits per heavy atom. The third-order valence-electron chi connectivity index (χ3n) is 4.06. The third kappa shape index (κ3) is 3.14. The van der Waals surface area contributed by atoms with E-state index in [4.69, 9.17) is 0 Å². The van der Waals surface area contributed by atoms with Crippen LogP contribution in [0.2, 0.25) is 0 Å². The molecule has 0 saturated carbocycles. The summed E-state index contributed by atoms with van der Waals surface area (Å²) in [5.41, 5.74) is 2.05. The van der Waals surface area contributed by atoms with Gasteiger partial charge >= 0.3 is 5.97 Å². The van der Waals surface area contributed by atoms with Crippen molar-refractivity contribution in [2.45, 2.75) is 29.1 Å². The van der Waals surface area contributed by atoms with E-state index in [9.17, 15) is 18.3 Å². The second-order valence-electron chi connectivity index (χ2n) is 5.58. The maximum atomic E-state index is 12.9. The van der Waals surface area contributed by atoms with Gasteiger partial charge in [-0.15, -0.1) is 11.8 Å². The van der Waals surface area contributed by atoms with E-state index in [1.165, 1.54) is 17.8 Å².